The van der Waals surface area contributed by atoms with Crippen molar-refractivity contribution in [2.45, 2.75) is 6.42 Å². The number of benzene rings is 1. The number of hydrogen-bond donors (Lipinski definition) is 1. The first-order chi connectivity index (χ1) is 7.41. The Kier molecular flexibility index (Phi) is 3.57. The zero-order chi connectivity index (χ0) is 12.3. The van der Waals surface area contributed by atoms with Crippen molar-refractivity contribution in [3.05, 3.63) is 38.9 Å². The molecule has 0 atom stereocenters. The smallest absolute Gasteiger partial charge is 0.372 e. The fourth-order valence-electron chi connectivity index (χ4n) is 1.11. The number of carbonyl (C=O) groups is 2. The molecule has 0 saturated heterocycles. The van der Waals surface area contributed by atoms with E-state index in [0.717, 1.165) is 6.07 Å². The average molecular weight is 244 g/mol. The van der Waals surface area contributed by atoms with Gasteiger partial charge in [0.05, 0.1) is 4.92 Å². The molecular weight excluding hydrogens is 238 g/mol. The molecule has 16 heavy (non-hydrogen) atoms. The van der Waals surface area contributed by atoms with Crippen LogP contribution in [-0.4, -0.2) is 21.8 Å². The highest BCUT2D eigenvalue weighted by Gasteiger charge is 2.20. The number of nitro groups is 1. The molecule has 84 valence electrons. The summed E-state index contributed by atoms with van der Waals surface area (Å²) in [5, 5.41) is 19.1. The molecule has 0 aliphatic carbocycles. The summed E-state index contributed by atoms with van der Waals surface area (Å²) in [6.07, 6.45) is -0.525. The molecule has 6 nitrogen and oxygen atoms in total. The molecule has 1 aromatic rings. The predicted octanol–water partition coefficient (Wildman–Crippen LogP) is 1.44. The second kappa shape index (κ2) is 4.71. The Labute approximate surface area is 94.6 Å². The zero-order valence-corrected chi connectivity index (χ0v) is 8.60. The summed E-state index contributed by atoms with van der Waals surface area (Å²) in [7, 11) is 0. The van der Waals surface area contributed by atoms with Gasteiger partial charge < -0.3 is 5.11 Å². The van der Waals surface area contributed by atoms with Gasteiger partial charge in [-0.05, 0) is 6.07 Å². The molecule has 0 heterocycles. The number of ketones is 1. The third-order valence-corrected chi connectivity index (χ3v) is 2.07. The second-order valence-corrected chi connectivity index (χ2v) is 3.37. The Balaban J connectivity index is 3.09. The van der Waals surface area contributed by atoms with E-state index in [1.54, 1.807) is 0 Å². The lowest BCUT2D eigenvalue weighted by atomic mass is 10.1. The van der Waals surface area contributed by atoms with Gasteiger partial charge >= 0.3 is 5.97 Å². The Morgan fingerprint density at radius 3 is 2.56 bits per heavy atom. The van der Waals surface area contributed by atoms with Gasteiger partial charge in [-0.25, -0.2) is 4.79 Å². The van der Waals surface area contributed by atoms with Gasteiger partial charge in [-0.1, -0.05) is 17.7 Å². The standard InChI is InChI=1S/C9H6ClNO5/c10-6-2-1-5(3-8(12)9(13)14)7(4-6)11(15)16/h1-2,4H,3H2,(H,13,14). The SMILES string of the molecule is O=C(O)C(=O)Cc1ccc(Cl)cc1[N+](=O)[O-]. The maximum absolute atomic E-state index is 10.9. The lowest BCUT2D eigenvalue weighted by molar-refractivity contribution is -0.385. The maximum atomic E-state index is 10.9. The molecule has 1 rings (SSSR count). The Hall–Kier alpha value is -1.95. The van der Waals surface area contributed by atoms with Crippen molar-refractivity contribution >= 4 is 29.0 Å². The molecule has 0 radical (unpaired) electrons. The number of halogens is 1. The van der Waals surface area contributed by atoms with Crippen LogP contribution < -0.4 is 0 Å². The fraction of sp³-hybridized carbons (Fsp3) is 0.111. The second-order valence-electron chi connectivity index (χ2n) is 2.94. The van der Waals surface area contributed by atoms with Crippen molar-refractivity contribution in [3.63, 3.8) is 0 Å². The first kappa shape index (κ1) is 12.1. The van der Waals surface area contributed by atoms with E-state index in [1.165, 1.54) is 12.1 Å². The summed E-state index contributed by atoms with van der Waals surface area (Å²) in [5.74, 6) is -2.73. The topological polar surface area (TPSA) is 97.5 Å². The van der Waals surface area contributed by atoms with Crippen LogP contribution in [0, 0.1) is 10.1 Å². The number of hydrogen-bond acceptors (Lipinski definition) is 4. The molecule has 0 aliphatic rings. The van der Waals surface area contributed by atoms with Crippen molar-refractivity contribution in [1.29, 1.82) is 0 Å². The minimum Gasteiger partial charge on any atom is -0.475 e. The van der Waals surface area contributed by atoms with Crippen LogP contribution in [0.1, 0.15) is 5.56 Å². The minimum atomic E-state index is -1.62. The fourth-order valence-corrected chi connectivity index (χ4v) is 1.27. The zero-order valence-electron chi connectivity index (χ0n) is 7.84. The number of nitro benzene ring substituents is 1. The van der Waals surface area contributed by atoms with Crippen LogP contribution in [0.4, 0.5) is 5.69 Å². The molecule has 0 fully saturated rings. The van der Waals surface area contributed by atoms with Crippen molar-refractivity contribution in [1.82, 2.24) is 0 Å². The van der Waals surface area contributed by atoms with E-state index < -0.39 is 23.1 Å². The van der Waals surface area contributed by atoms with Crippen LogP contribution in [0.3, 0.4) is 0 Å². The van der Waals surface area contributed by atoms with Crippen molar-refractivity contribution in [3.8, 4) is 0 Å². The molecule has 0 saturated carbocycles. The number of Topliss-reactive ketones (excluding diaryl/α,β-unsaturated/α-hetero) is 1. The lowest BCUT2D eigenvalue weighted by Crippen LogP contribution is -2.15. The highest BCUT2D eigenvalue weighted by Crippen LogP contribution is 2.23. The lowest BCUT2D eigenvalue weighted by Gasteiger charge is -2.00. The van der Waals surface area contributed by atoms with E-state index in [4.69, 9.17) is 16.7 Å². The van der Waals surface area contributed by atoms with Crippen molar-refractivity contribution in [2.24, 2.45) is 0 Å². The van der Waals surface area contributed by atoms with Gasteiger partial charge in [0.2, 0.25) is 5.78 Å². The van der Waals surface area contributed by atoms with Crippen LogP contribution in [0.25, 0.3) is 0 Å². The first-order valence-corrected chi connectivity index (χ1v) is 4.48. The molecule has 0 aliphatic heterocycles. The van der Waals surface area contributed by atoms with Crippen LogP contribution in [-0.2, 0) is 16.0 Å². The van der Waals surface area contributed by atoms with Gasteiger partial charge in [-0.15, -0.1) is 0 Å². The van der Waals surface area contributed by atoms with E-state index in [-0.39, 0.29) is 16.3 Å². The molecule has 0 amide bonds. The Bertz CT molecular complexity index is 471. The van der Waals surface area contributed by atoms with E-state index in [0.29, 0.717) is 0 Å². The number of carboxylic acids is 1. The summed E-state index contributed by atoms with van der Waals surface area (Å²) in [6, 6.07) is 3.70. The molecule has 0 spiro atoms. The summed E-state index contributed by atoms with van der Waals surface area (Å²) < 4.78 is 0. The van der Waals surface area contributed by atoms with Gasteiger partial charge in [-0.2, -0.15) is 0 Å². The van der Waals surface area contributed by atoms with Crippen LogP contribution in [0.2, 0.25) is 5.02 Å². The van der Waals surface area contributed by atoms with Crippen LogP contribution >= 0.6 is 11.6 Å². The number of aliphatic carboxylic acids is 1. The monoisotopic (exact) mass is 243 g/mol. The third-order valence-electron chi connectivity index (χ3n) is 1.83. The molecule has 1 N–H and O–H groups in total. The highest BCUT2D eigenvalue weighted by molar-refractivity contribution is 6.33. The molecule has 7 heteroatoms. The minimum absolute atomic E-state index is 0.0294. The first-order valence-electron chi connectivity index (χ1n) is 4.10. The summed E-state index contributed by atoms with van der Waals surface area (Å²) in [4.78, 5) is 31.1. The van der Waals surface area contributed by atoms with Gasteiger partial charge in [0.25, 0.3) is 5.69 Å². The third kappa shape index (κ3) is 2.77. The van der Waals surface area contributed by atoms with Crippen molar-refractivity contribution < 1.29 is 19.6 Å². The number of nitrogens with zero attached hydrogens (tertiary/aromatic N) is 1. The largest absolute Gasteiger partial charge is 0.475 e. The average Bonchev–Trinajstić information content (AvgIpc) is 2.20. The summed E-state index contributed by atoms with van der Waals surface area (Å²) in [5.41, 5.74) is -0.330. The van der Waals surface area contributed by atoms with E-state index >= 15 is 0 Å². The highest BCUT2D eigenvalue weighted by atomic mass is 35.5. The Morgan fingerprint density at radius 2 is 2.06 bits per heavy atom. The van der Waals surface area contributed by atoms with E-state index in [1.807, 2.05) is 0 Å². The van der Waals surface area contributed by atoms with Crippen LogP contribution in [0.5, 0.6) is 0 Å². The summed E-state index contributed by atoms with van der Waals surface area (Å²) >= 11 is 5.55. The number of carboxylic acid groups (broad SMARTS) is 1. The van der Waals surface area contributed by atoms with Gasteiger partial charge in [-0.3, -0.25) is 14.9 Å². The van der Waals surface area contributed by atoms with Gasteiger partial charge in [0, 0.05) is 23.1 Å². The molecule has 0 bridgehead atoms. The molecular formula is C9H6ClNO5. The molecule has 1 aromatic carbocycles. The quantitative estimate of drug-likeness (QED) is 0.490. The normalized spacial score (nSPS) is 9.81. The number of carbonyl (C=O) groups excluding carboxylic acids is 1. The maximum Gasteiger partial charge on any atom is 0.372 e. The van der Waals surface area contributed by atoms with Crippen molar-refractivity contribution in [2.75, 3.05) is 0 Å². The Morgan fingerprint density at radius 1 is 1.44 bits per heavy atom. The van der Waals surface area contributed by atoms with E-state index in [9.17, 15) is 19.7 Å². The molecule has 0 aromatic heterocycles. The van der Waals surface area contributed by atoms with E-state index in [2.05, 4.69) is 0 Å². The number of rotatable bonds is 4. The summed E-state index contributed by atoms with van der Waals surface area (Å²) in [6.45, 7) is 0. The van der Waals surface area contributed by atoms with Gasteiger partial charge in [0.15, 0.2) is 0 Å². The predicted molar refractivity (Wildman–Crippen MR) is 54.5 cm³/mol. The van der Waals surface area contributed by atoms with Crippen LogP contribution in [0.15, 0.2) is 18.2 Å². The van der Waals surface area contributed by atoms with Gasteiger partial charge in [0.1, 0.15) is 0 Å². The molecule has 0 unspecified atom stereocenters.